The van der Waals surface area contributed by atoms with Crippen LogP contribution in [0.5, 0.6) is 0 Å². The molecular weight excluding hydrogens is 228 g/mol. The van der Waals surface area contributed by atoms with Crippen molar-refractivity contribution in [3.8, 4) is 0 Å². The molecule has 0 atom stereocenters. The van der Waals surface area contributed by atoms with Gasteiger partial charge in [-0.3, -0.25) is 4.79 Å². The van der Waals surface area contributed by atoms with Gasteiger partial charge in [0.05, 0.1) is 5.52 Å². The molecule has 1 aromatic heterocycles. The average molecular weight is 244 g/mol. The van der Waals surface area contributed by atoms with Gasteiger partial charge in [0, 0.05) is 23.7 Å². The van der Waals surface area contributed by atoms with Crippen molar-refractivity contribution in [1.82, 2.24) is 9.97 Å². The largest absolute Gasteiger partial charge is 0.368 e. The molecule has 0 radical (unpaired) electrons. The van der Waals surface area contributed by atoms with Crippen molar-refractivity contribution in [2.45, 2.75) is 26.2 Å². The van der Waals surface area contributed by atoms with Crippen molar-refractivity contribution in [1.29, 1.82) is 0 Å². The maximum absolute atomic E-state index is 11.6. The summed E-state index contributed by atoms with van der Waals surface area (Å²) in [6.07, 6.45) is 4.11. The number of benzene rings is 1. The molecule has 2 rings (SSSR count). The van der Waals surface area contributed by atoms with Crippen LogP contribution in [0.15, 0.2) is 24.4 Å². The van der Waals surface area contributed by atoms with Crippen LogP contribution in [0.1, 0.15) is 26.2 Å². The number of amides is 1. The zero-order chi connectivity index (χ0) is 13.0. The van der Waals surface area contributed by atoms with Gasteiger partial charge in [-0.15, -0.1) is 0 Å². The second kappa shape index (κ2) is 5.44. The fourth-order valence-corrected chi connectivity index (χ4v) is 1.69. The van der Waals surface area contributed by atoms with Crippen LogP contribution in [-0.4, -0.2) is 15.9 Å². The molecule has 0 aliphatic heterocycles. The molecular formula is C13H16N4O. The van der Waals surface area contributed by atoms with Crippen LogP contribution in [0.4, 0.5) is 11.6 Å². The summed E-state index contributed by atoms with van der Waals surface area (Å²) in [7, 11) is 0. The highest BCUT2D eigenvalue weighted by molar-refractivity contribution is 5.93. The molecule has 0 bridgehead atoms. The van der Waals surface area contributed by atoms with Crippen LogP contribution in [0.25, 0.3) is 10.9 Å². The molecule has 0 aliphatic carbocycles. The lowest BCUT2D eigenvalue weighted by atomic mass is 10.2. The van der Waals surface area contributed by atoms with Gasteiger partial charge in [-0.2, -0.15) is 0 Å². The third-order valence-electron chi connectivity index (χ3n) is 2.64. The minimum atomic E-state index is 0.0348. The molecule has 0 spiro atoms. The third-order valence-corrected chi connectivity index (χ3v) is 2.64. The van der Waals surface area contributed by atoms with Gasteiger partial charge in [-0.1, -0.05) is 13.3 Å². The van der Waals surface area contributed by atoms with E-state index < -0.39 is 0 Å². The van der Waals surface area contributed by atoms with Crippen LogP contribution in [0, 0.1) is 0 Å². The van der Waals surface area contributed by atoms with Crippen LogP contribution < -0.4 is 11.1 Å². The predicted molar refractivity (Wildman–Crippen MR) is 72.1 cm³/mol. The van der Waals surface area contributed by atoms with Crippen molar-refractivity contribution in [2.24, 2.45) is 0 Å². The lowest BCUT2D eigenvalue weighted by Crippen LogP contribution is -2.10. The molecule has 1 amide bonds. The summed E-state index contributed by atoms with van der Waals surface area (Å²) in [5.74, 6) is 0.287. The second-order valence-electron chi connectivity index (χ2n) is 4.15. The number of fused-ring (bicyclic) bond motifs is 1. The smallest absolute Gasteiger partial charge is 0.224 e. The Morgan fingerprint density at radius 2 is 2.28 bits per heavy atom. The van der Waals surface area contributed by atoms with Gasteiger partial charge < -0.3 is 11.1 Å². The summed E-state index contributed by atoms with van der Waals surface area (Å²) in [4.78, 5) is 19.6. The number of hydrogen-bond donors (Lipinski definition) is 2. The number of nitrogens with two attached hydrogens (primary N) is 1. The number of hydrogen-bond acceptors (Lipinski definition) is 4. The molecule has 0 unspecified atom stereocenters. The van der Waals surface area contributed by atoms with E-state index in [4.69, 9.17) is 5.73 Å². The Hall–Kier alpha value is -2.17. The number of unbranched alkanes of at least 4 members (excludes halogenated alkanes) is 1. The molecule has 18 heavy (non-hydrogen) atoms. The number of carbonyl (C=O) groups excluding carboxylic acids is 1. The van der Waals surface area contributed by atoms with Crippen LogP contribution in [0.2, 0.25) is 0 Å². The molecule has 94 valence electrons. The van der Waals surface area contributed by atoms with Crippen molar-refractivity contribution in [3.05, 3.63) is 24.4 Å². The standard InChI is InChI=1S/C13H16N4O/c1-2-3-4-12(18)16-10-5-6-11-9(7-10)8-15-13(14)17-11/h5-8H,2-4H2,1H3,(H,16,18)(H2,14,15,17). The summed E-state index contributed by atoms with van der Waals surface area (Å²) in [6.45, 7) is 2.06. The molecule has 5 heteroatoms. The van der Waals surface area contributed by atoms with Gasteiger partial charge in [0.25, 0.3) is 0 Å². The fourth-order valence-electron chi connectivity index (χ4n) is 1.69. The highest BCUT2D eigenvalue weighted by Gasteiger charge is 2.03. The zero-order valence-corrected chi connectivity index (χ0v) is 10.3. The highest BCUT2D eigenvalue weighted by Crippen LogP contribution is 2.17. The Labute approximate surface area is 105 Å². The topological polar surface area (TPSA) is 80.9 Å². The normalized spacial score (nSPS) is 10.5. The molecule has 1 aromatic carbocycles. The minimum Gasteiger partial charge on any atom is -0.368 e. The van der Waals surface area contributed by atoms with E-state index in [1.807, 2.05) is 18.2 Å². The predicted octanol–water partition coefficient (Wildman–Crippen LogP) is 2.34. The minimum absolute atomic E-state index is 0.0348. The van der Waals surface area contributed by atoms with E-state index in [0.717, 1.165) is 29.4 Å². The third kappa shape index (κ3) is 2.94. The van der Waals surface area contributed by atoms with Crippen molar-refractivity contribution < 1.29 is 4.79 Å². The van der Waals surface area contributed by atoms with Gasteiger partial charge in [-0.05, 0) is 24.6 Å². The number of nitrogens with one attached hydrogen (secondary N) is 1. The van der Waals surface area contributed by atoms with Crippen LogP contribution >= 0.6 is 0 Å². The molecule has 5 nitrogen and oxygen atoms in total. The van der Waals surface area contributed by atoms with Crippen molar-refractivity contribution >= 4 is 28.4 Å². The lowest BCUT2D eigenvalue weighted by molar-refractivity contribution is -0.116. The summed E-state index contributed by atoms with van der Waals surface area (Å²) >= 11 is 0. The summed E-state index contributed by atoms with van der Waals surface area (Å²) in [5.41, 5.74) is 7.04. The Morgan fingerprint density at radius 3 is 3.06 bits per heavy atom. The van der Waals surface area contributed by atoms with Gasteiger partial charge >= 0.3 is 0 Å². The van der Waals surface area contributed by atoms with E-state index in [2.05, 4.69) is 22.2 Å². The SMILES string of the molecule is CCCCC(=O)Nc1ccc2nc(N)ncc2c1. The van der Waals surface area contributed by atoms with E-state index in [1.165, 1.54) is 0 Å². The van der Waals surface area contributed by atoms with E-state index >= 15 is 0 Å². The molecule has 2 aromatic rings. The number of carbonyl (C=O) groups is 1. The van der Waals surface area contributed by atoms with E-state index in [0.29, 0.717) is 6.42 Å². The van der Waals surface area contributed by atoms with E-state index in [9.17, 15) is 4.79 Å². The first-order chi connectivity index (χ1) is 8.69. The fraction of sp³-hybridized carbons (Fsp3) is 0.308. The maximum atomic E-state index is 11.6. The Morgan fingerprint density at radius 1 is 1.44 bits per heavy atom. The Kier molecular flexibility index (Phi) is 3.72. The first-order valence-corrected chi connectivity index (χ1v) is 6.01. The maximum Gasteiger partial charge on any atom is 0.224 e. The van der Waals surface area contributed by atoms with Gasteiger partial charge in [0.1, 0.15) is 0 Å². The molecule has 0 saturated heterocycles. The zero-order valence-electron chi connectivity index (χ0n) is 10.3. The number of rotatable bonds is 4. The second-order valence-corrected chi connectivity index (χ2v) is 4.15. The number of aromatic nitrogens is 2. The number of nitrogens with zero attached hydrogens (tertiary/aromatic N) is 2. The molecule has 1 heterocycles. The van der Waals surface area contributed by atoms with Gasteiger partial charge in [0.15, 0.2) is 0 Å². The van der Waals surface area contributed by atoms with Crippen molar-refractivity contribution in [3.63, 3.8) is 0 Å². The highest BCUT2D eigenvalue weighted by atomic mass is 16.1. The Bertz CT molecular complexity index is 568. The number of anilines is 2. The molecule has 3 N–H and O–H groups in total. The van der Waals surface area contributed by atoms with Crippen LogP contribution in [0.3, 0.4) is 0 Å². The molecule has 0 saturated carbocycles. The van der Waals surface area contributed by atoms with Gasteiger partial charge in [-0.25, -0.2) is 9.97 Å². The van der Waals surface area contributed by atoms with Gasteiger partial charge in [0.2, 0.25) is 11.9 Å². The average Bonchev–Trinajstić information content (AvgIpc) is 2.36. The Balaban J connectivity index is 2.15. The molecule has 0 fully saturated rings. The van der Waals surface area contributed by atoms with E-state index in [-0.39, 0.29) is 11.9 Å². The van der Waals surface area contributed by atoms with Crippen molar-refractivity contribution in [2.75, 3.05) is 11.1 Å². The summed E-state index contributed by atoms with van der Waals surface area (Å²) in [6, 6.07) is 5.49. The summed E-state index contributed by atoms with van der Waals surface area (Å²) < 4.78 is 0. The first-order valence-electron chi connectivity index (χ1n) is 6.01. The van der Waals surface area contributed by atoms with Crippen LogP contribution in [-0.2, 0) is 4.79 Å². The first kappa shape index (κ1) is 12.3. The summed E-state index contributed by atoms with van der Waals surface area (Å²) in [5, 5.41) is 3.72. The monoisotopic (exact) mass is 244 g/mol. The van der Waals surface area contributed by atoms with E-state index in [1.54, 1.807) is 6.20 Å². The number of nitrogen functional groups attached to an aromatic ring is 1. The molecule has 0 aliphatic rings. The lowest BCUT2D eigenvalue weighted by Gasteiger charge is -2.06. The quantitative estimate of drug-likeness (QED) is 0.865.